The number of H-pyrrole nitrogens is 1. The van der Waals surface area contributed by atoms with Gasteiger partial charge in [-0.15, -0.1) is 0 Å². The highest BCUT2D eigenvalue weighted by molar-refractivity contribution is 5.94. The lowest BCUT2D eigenvalue weighted by atomic mass is 10.0. The van der Waals surface area contributed by atoms with Crippen molar-refractivity contribution in [1.82, 2.24) is 24.6 Å². The molecular formula is C26H30N6O2. The van der Waals surface area contributed by atoms with Crippen LogP contribution in [0.15, 0.2) is 47.5 Å². The average molecular weight is 459 g/mol. The number of hydrogen-bond acceptors (Lipinski definition) is 5. The summed E-state index contributed by atoms with van der Waals surface area (Å²) >= 11 is 0. The Morgan fingerprint density at radius 2 is 1.94 bits per heavy atom. The van der Waals surface area contributed by atoms with E-state index in [2.05, 4.69) is 39.2 Å². The molecule has 0 aliphatic carbocycles. The van der Waals surface area contributed by atoms with Crippen LogP contribution >= 0.6 is 0 Å². The van der Waals surface area contributed by atoms with Gasteiger partial charge in [0.2, 0.25) is 0 Å². The number of carbonyl (C=O) groups is 1. The minimum absolute atomic E-state index is 0.0516. The zero-order valence-electron chi connectivity index (χ0n) is 19.9. The fraction of sp³-hybridized carbons (Fsp3) is 0.346. The van der Waals surface area contributed by atoms with Crippen LogP contribution in [0.5, 0.6) is 0 Å². The molecule has 1 aliphatic heterocycles. The molecule has 4 aromatic rings. The first-order valence-corrected chi connectivity index (χ1v) is 11.8. The topological polar surface area (TPSA) is 85.7 Å². The first-order valence-electron chi connectivity index (χ1n) is 11.8. The molecule has 176 valence electrons. The molecule has 8 nitrogen and oxygen atoms in total. The summed E-state index contributed by atoms with van der Waals surface area (Å²) in [7, 11) is 1.66. The number of carbonyl (C=O) groups excluding carboxylic acids is 1. The van der Waals surface area contributed by atoms with Crippen LogP contribution in [0.2, 0.25) is 0 Å². The van der Waals surface area contributed by atoms with Gasteiger partial charge in [0.15, 0.2) is 0 Å². The zero-order chi connectivity index (χ0) is 23.8. The maximum Gasteiger partial charge on any atom is 0.330 e. The number of anilines is 1. The molecule has 0 atom stereocenters. The summed E-state index contributed by atoms with van der Waals surface area (Å²) in [6, 6.07) is 9.98. The minimum atomic E-state index is -0.141. The summed E-state index contributed by atoms with van der Waals surface area (Å²) in [6.45, 7) is 8.64. The minimum Gasteiger partial charge on any atom is -0.369 e. The van der Waals surface area contributed by atoms with Crippen molar-refractivity contribution in [2.75, 3.05) is 38.1 Å². The number of fused-ring (bicyclic) bond motifs is 3. The largest absolute Gasteiger partial charge is 0.369 e. The number of hydrogen-bond donors (Lipinski definition) is 2. The molecule has 4 heterocycles. The first kappa shape index (κ1) is 22.2. The Morgan fingerprint density at radius 1 is 1.15 bits per heavy atom. The van der Waals surface area contributed by atoms with E-state index in [9.17, 15) is 9.59 Å². The predicted octanol–water partition coefficient (Wildman–Crippen LogP) is 2.73. The fourth-order valence-corrected chi connectivity index (χ4v) is 4.92. The van der Waals surface area contributed by atoms with Gasteiger partial charge in [0.05, 0.1) is 11.0 Å². The summed E-state index contributed by atoms with van der Waals surface area (Å²) in [6.07, 6.45) is 4.59. The van der Waals surface area contributed by atoms with Crippen LogP contribution in [0.4, 0.5) is 5.69 Å². The van der Waals surface area contributed by atoms with Gasteiger partial charge < -0.3 is 15.2 Å². The molecule has 1 amide bonds. The number of nitrogens with zero attached hydrogens (tertiary/aromatic N) is 4. The van der Waals surface area contributed by atoms with E-state index in [4.69, 9.17) is 4.98 Å². The van der Waals surface area contributed by atoms with E-state index < -0.39 is 0 Å². The Morgan fingerprint density at radius 3 is 2.68 bits per heavy atom. The van der Waals surface area contributed by atoms with E-state index in [0.717, 1.165) is 66.8 Å². The highest BCUT2D eigenvalue weighted by atomic mass is 16.1. The van der Waals surface area contributed by atoms with Crippen molar-refractivity contribution in [3.63, 3.8) is 0 Å². The summed E-state index contributed by atoms with van der Waals surface area (Å²) in [4.78, 5) is 36.9. The number of amides is 1. The smallest absolute Gasteiger partial charge is 0.330 e. The third kappa shape index (κ3) is 3.94. The van der Waals surface area contributed by atoms with Crippen molar-refractivity contribution < 1.29 is 4.79 Å². The summed E-state index contributed by atoms with van der Waals surface area (Å²) in [5.41, 5.74) is 7.58. The van der Waals surface area contributed by atoms with Gasteiger partial charge in [-0.1, -0.05) is 6.92 Å². The Kier molecular flexibility index (Phi) is 5.83. The highest BCUT2D eigenvalue weighted by Crippen LogP contribution is 2.25. The highest BCUT2D eigenvalue weighted by Gasteiger charge is 2.20. The molecule has 0 radical (unpaired) electrons. The monoisotopic (exact) mass is 458 g/mol. The number of rotatable bonds is 5. The summed E-state index contributed by atoms with van der Waals surface area (Å²) < 4.78 is 1.62. The Hall–Kier alpha value is -3.65. The van der Waals surface area contributed by atoms with Crippen molar-refractivity contribution >= 4 is 28.1 Å². The number of aromatic amines is 1. The third-order valence-corrected chi connectivity index (χ3v) is 6.79. The van der Waals surface area contributed by atoms with Gasteiger partial charge >= 0.3 is 5.69 Å². The van der Waals surface area contributed by atoms with E-state index in [-0.39, 0.29) is 11.6 Å². The predicted molar refractivity (Wildman–Crippen MR) is 135 cm³/mol. The van der Waals surface area contributed by atoms with Gasteiger partial charge in [-0.2, -0.15) is 0 Å². The molecule has 0 spiro atoms. The van der Waals surface area contributed by atoms with Crippen molar-refractivity contribution in [2.45, 2.75) is 26.8 Å². The molecule has 2 N–H and O–H groups in total. The van der Waals surface area contributed by atoms with Gasteiger partial charge in [-0.3, -0.25) is 19.1 Å². The number of benzene rings is 1. The second-order valence-electron chi connectivity index (χ2n) is 8.93. The number of piperazine rings is 1. The number of pyridine rings is 1. The van der Waals surface area contributed by atoms with Crippen molar-refractivity contribution in [3.8, 4) is 0 Å². The number of aromatic nitrogens is 3. The van der Waals surface area contributed by atoms with Crippen molar-refractivity contribution in [3.05, 3.63) is 75.5 Å². The molecule has 1 aliphatic rings. The van der Waals surface area contributed by atoms with Crippen LogP contribution < -0.4 is 15.9 Å². The van der Waals surface area contributed by atoms with E-state index in [0.29, 0.717) is 5.56 Å². The number of nitrogens with one attached hydrogen (secondary N) is 2. The van der Waals surface area contributed by atoms with E-state index in [1.807, 2.05) is 31.3 Å². The Balaban J connectivity index is 1.30. The standard InChI is InChI=1S/C26H30N6O2/c1-4-19-14-20(25(33)27-3)5-6-22(19)31-11-9-30(10-12-31)16-18-13-21-23(28-15-18)24-17(2)7-8-32(24)26(34)29-21/h5-8,13-15H,4,9-12,16H2,1-3H3,(H,27,33)(H,29,34). The quantitative estimate of drug-likeness (QED) is 0.480. The molecule has 0 unspecified atom stereocenters. The van der Waals surface area contributed by atoms with Gasteiger partial charge in [0.1, 0.15) is 5.52 Å². The Bertz CT molecular complexity index is 1430. The van der Waals surface area contributed by atoms with Gasteiger partial charge in [-0.25, -0.2) is 4.79 Å². The zero-order valence-corrected chi connectivity index (χ0v) is 19.9. The molecule has 1 fully saturated rings. The molecule has 0 saturated carbocycles. The SMILES string of the molecule is CCc1cc(C(=O)NC)ccc1N1CCN(Cc2cnc3c(c2)[nH]c(=O)n2ccc(C)c32)CC1. The van der Waals surface area contributed by atoms with Crippen molar-refractivity contribution in [1.29, 1.82) is 0 Å². The lowest BCUT2D eigenvalue weighted by molar-refractivity contribution is 0.0963. The second kappa shape index (κ2) is 8.95. The number of aryl methyl sites for hydroxylation is 2. The van der Waals surface area contributed by atoms with Gasteiger partial charge in [0.25, 0.3) is 5.91 Å². The molecule has 1 aromatic carbocycles. The molecule has 1 saturated heterocycles. The Labute approximate surface area is 198 Å². The maximum absolute atomic E-state index is 12.4. The molecule has 5 rings (SSSR count). The molecule has 3 aromatic heterocycles. The van der Waals surface area contributed by atoms with Crippen LogP contribution in [-0.2, 0) is 13.0 Å². The van der Waals surface area contributed by atoms with Crippen molar-refractivity contribution in [2.24, 2.45) is 0 Å². The molecule has 0 bridgehead atoms. The fourth-order valence-electron chi connectivity index (χ4n) is 4.92. The van der Waals surface area contributed by atoms with Crippen LogP contribution in [-0.4, -0.2) is 58.4 Å². The van der Waals surface area contributed by atoms with Gasteiger partial charge in [0, 0.05) is 63.4 Å². The van der Waals surface area contributed by atoms with Crippen LogP contribution in [0.3, 0.4) is 0 Å². The molecule has 34 heavy (non-hydrogen) atoms. The normalized spacial score (nSPS) is 14.7. The van der Waals surface area contributed by atoms with E-state index >= 15 is 0 Å². The van der Waals surface area contributed by atoms with Crippen LogP contribution in [0.1, 0.15) is 34.0 Å². The summed E-state index contributed by atoms with van der Waals surface area (Å²) in [5.74, 6) is -0.0516. The molecular weight excluding hydrogens is 428 g/mol. The third-order valence-electron chi connectivity index (χ3n) is 6.79. The maximum atomic E-state index is 12.4. The van der Waals surface area contributed by atoms with Crippen LogP contribution in [0, 0.1) is 6.92 Å². The van der Waals surface area contributed by atoms with E-state index in [1.54, 1.807) is 17.6 Å². The summed E-state index contributed by atoms with van der Waals surface area (Å²) in [5, 5.41) is 2.70. The second-order valence-corrected chi connectivity index (χ2v) is 8.93. The first-order chi connectivity index (χ1) is 16.5. The van der Waals surface area contributed by atoms with E-state index in [1.165, 1.54) is 11.3 Å². The lowest BCUT2D eigenvalue weighted by Crippen LogP contribution is -2.46. The average Bonchev–Trinajstić information content (AvgIpc) is 3.26. The molecule has 8 heteroatoms. The lowest BCUT2D eigenvalue weighted by Gasteiger charge is -2.37. The van der Waals surface area contributed by atoms with Crippen LogP contribution in [0.25, 0.3) is 16.6 Å². The van der Waals surface area contributed by atoms with Gasteiger partial charge in [-0.05, 0) is 60.4 Å².